The van der Waals surface area contributed by atoms with Crippen LogP contribution in [0.3, 0.4) is 0 Å². The summed E-state index contributed by atoms with van der Waals surface area (Å²) in [6, 6.07) is 17.1. The van der Waals surface area contributed by atoms with E-state index in [1.807, 2.05) is 12.1 Å². The summed E-state index contributed by atoms with van der Waals surface area (Å²) >= 11 is 1.73. The predicted octanol–water partition coefficient (Wildman–Crippen LogP) is 5.60. The number of thiazole rings is 1. The van der Waals surface area contributed by atoms with Crippen LogP contribution >= 0.6 is 11.3 Å². The first-order chi connectivity index (χ1) is 16.1. The van der Waals surface area contributed by atoms with Crippen molar-refractivity contribution in [1.82, 2.24) is 9.88 Å². The average Bonchev–Trinajstić information content (AvgIpc) is 3.51. The summed E-state index contributed by atoms with van der Waals surface area (Å²) in [6.45, 7) is 3.86. The normalized spacial score (nSPS) is 24.9. The molecular formula is C27H30FN3OS. The van der Waals surface area contributed by atoms with E-state index in [2.05, 4.69) is 59.3 Å². The molecule has 6 heteroatoms. The first-order valence-corrected chi connectivity index (χ1v) is 12.8. The molecule has 2 aromatic carbocycles. The van der Waals surface area contributed by atoms with Crippen LogP contribution in [0.1, 0.15) is 35.9 Å². The highest BCUT2D eigenvalue weighted by molar-refractivity contribution is 7.18. The number of alkyl halides is 1. The SMILES string of the molecule is CN1CCC(OC(c2cccc(N3CC4=CC(F)CC4C3)c2)c2nc3ccccc3s2)CC1. The van der Waals surface area contributed by atoms with Gasteiger partial charge in [-0.3, -0.25) is 0 Å². The number of fused-ring (bicyclic) bond motifs is 2. The van der Waals surface area contributed by atoms with E-state index in [0.717, 1.165) is 55.1 Å². The van der Waals surface area contributed by atoms with Gasteiger partial charge in [0, 0.05) is 37.8 Å². The molecule has 33 heavy (non-hydrogen) atoms. The highest BCUT2D eigenvalue weighted by atomic mass is 32.1. The van der Waals surface area contributed by atoms with Crippen LogP contribution in [0.4, 0.5) is 10.1 Å². The number of anilines is 1. The number of hydrogen-bond acceptors (Lipinski definition) is 5. The summed E-state index contributed by atoms with van der Waals surface area (Å²) < 4.78 is 21.7. The number of nitrogens with zero attached hydrogens (tertiary/aromatic N) is 3. The van der Waals surface area contributed by atoms with Gasteiger partial charge >= 0.3 is 0 Å². The van der Waals surface area contributed by atoms with Gasteiger partial charge in [-0.05, 0) is 67.8 Å². The zero-order chi connectivity index (χ0) is 22.4. The molecule has 0 spiro atoms. The Morgan fingerprint density at radius 1 is 1.12 bits per heavy atom. The molecule has 3 aliphatic rings. The van der Waals surface area contributed by atoms with Crippen molar-refractivity contribution in [1.29, 1.82) is 0 Å². The second-order valence-corrected chi connectivity index (χ2v) is 10.8. The van der Waals surface area contributed by atoms with Crippen LogP contribution in [0.15, 0.2) is 60.2 Å². The molecule has 2 saturated heterocycles. The van der Waals surface area contributed by atoms with E-state index in [-0.39, 0.29) is 12.2 Å². The van der Waals surface area contributed by atoms with Crippen molar-refractivity contribution in [3.8, 4) is 0 Å². The van der Waals surface area contributed by atoms with Gasteiger partial charge in [0.15, 0.2) is 0 Å². The molecule has 0 radical (unpaired) electrons. The van der Waals surface area contributed by atoms with Crippen molar-refractivity contribution in [2.75, 3.05) is 38.1 Å². The quantitative estimate of drug-likeness (QED) is 0.461. The number of halogens is 1. The van der Waals surface area contributed by atoms with Crippen LogP contribution in [-0.2, 0) is 4.74 Å². The van der Waals surface area contributed by atoms with Crippen molar-refractivity contribution >= 4 is 27.2 Å². The van der Waals surface area contributed by atoms with Gasteiger partial charge in [-0.25, -0.2) is 9.37 Å². The molecule has 2 aliphatic heterocycles. The molecular weight excluding hydrogens is 433 g/mol. The van der Waals surface area contributed by atoms with Crippen LogP contribution in [-0.4, -0.2) is 55.4 Å². The fraction of sp³-hybridized carbons (Fsp3) is 0.444. The fourth-order valence-electron chi connectivity index (χ4n) is 5.46. The molecule has 0 bridgehead atoms. The summed E-state index contributed by atoms with van der Waals surface area (Å²) in [5.74, 6) is 0.360. The third-order valence-electron chi connectivity index (χ3n) is 7.31. The van der Waals surface area contributed by atoms with E-state index in [1.54, 1.807) is 11.3 Å². The number of aromatic nitrogens is 1. The van der Waals surface area contributed by atoms with Crippen LogP contribution < -0.4 is 4.90 Å². The minimum Gasteiger partial charge on any atom is -0.367 e. The molecule has 0 N–H and O–H groups in total. The third kappa shape index (κ3) is 4.32. The smallest absolute Gasteiger partial charge is 0.134 e. The van der Waals surface area contributed by atoms with Gasteiger partial charge in [0.2, 0.25) is 0 Å². The third-order valence-corrected chi connectivity index (χ3v) is 8.39. The van der Waals surface area contributed by atoms with E-state index >= 15 is 0 Å². The van der Waals surface area contributed by atoms with E-state index in [9.17, 15) is 4.39 Å². The minimum atomic E-state index is -0.759. The molecule has 1 aliphatic carbocycles. The lowest BCUT2D eigenvalue weighted by Gasteiger charge is -2.31. The Morgan fingerprint density at radius 2 is 1.97 bits per heavy atom. The predicted molar refractivity (Wildman–Crippen MR) is 133 cm³/mol. The number of ether oxygens (including phenoxy) is 1. The van der Waals surface area contributed by atoms with Gasteiger partial charge in [0.05, 0.1) is 16.3 Å². The Bertz CT molecular complexity index is 1140. The molecule has 3 heterocycles. The Morgan fingerprint density at radius 3 is 2.79 bits per heavy atom. The Hall–Kier alpha value is -2.28. The number of piperidine rings is 1. The number of rotatable bonds is 5. The van der Waals surface area contributed by atoms with Gasteiger partial charge in [0.1, 0.15) is 17.3 Å². The standard InChI is InChI=1S/C27H30FN3OS/c1-30-11-9-23(10-12-30)32-26(27-29-24-7-2-3-8-25(24)33-27)18-5-4-6-22(15-18)31-16-19-13-21(28)14-20(19)17-31/h2-8,13,15,20-21,23,26H,9-12,14,16-17H2,1H3. The van der Waals surface area contributed by atoms with Crippen molar-refractivity contribution in [3.63, 3.8) is 0 Å². The van der Waals surface area contributed by atoms with Gasteiger partial charge < -0.3 is 14.5 Å². The van der Waals surface area contributed by atoms with Crippen molar-refractivity contribution in [3.05, 3.63) is 70.8 Å². The maximum Gasteiger partial charge on any atom is 0.134 e. The second-order valence-electron chi connectivity index (χ2n) is 9.70. The van der Waals surface area contributed by atoms with Crippen LogP contribution in [0.2, 0.25) is 0 Å². The second kappa shape index (κ2) is 8.82. The van der Waals surface area contributed by atoms with Gasteiger partial charge in [-0.1, -0.05) is 24.3 Å². The van der Waals surface area contributed by atoms with E-state index in [0.29, 0.717) is 12.3 Å². The molecule has 4 nitrogen and oxygen atoms in total. The van der Waals surface area contributed by atoms with Crippen LogP contribution in [0.25, 0.3) is 10.2 Å². The summed E-state index contributed by atoms with van der Waals surface area (Å²) in [5, 5.41) is 1.02. The fourth-order valence-corrected chi connectivity index (χ4v) is 6.49. The first-order valence-electron chi connectivity index (χ1n) is 12.0. The molecule has 3 aromatic rings. The van der Waals surface area contributed by atoms with Gasteiger partial charge in [0.25, 0.3) is 0 Å². The first kappa shape index (κ1) is 21.3. The molecule has 6 rings (SSSR count). The summed E-state index contributed by atoms with van der Waals surface area (Å²) in [5.41, 5.74) is 4.64. The molecule has 3 unspecified atom stereocenters. The molecule has 3 atom stereocenters. The molecule has 0 amide bonds. The monoisotopic (exact) mass is 463 g/mol. The highest BCUT2D eigenvalue weighted by Crippen LogP contribution is 2.39. The largest absolute Gasteiger partial charge is 0.367 e. The number of allylic oxidation sites excluding steroid dienone is 1. The molecule has 2 fully saturated rings. The van der Waals surface area contributed by atoms with Gasteiger partial charge in [-0.15, -0.1) is 11.3 Å². The Balaban J connectivity index is 1.31. The van der Waals surface area contributed by atoms with Crippen LogP contribution in [0.5, 0.6) is 0 Å². The lowest BCUT2D eigenvalue weighted by molar-refractivity contribution is -0.0234. The lowest BCUT2D eigenvalue weighted by atomic mass is 10.1. The molecule has 0 saturated carbocycles. The zero-order valence-corrected chi connectivity index (χ0v) is 19.8. The highest BCUT2D eigenvalue weighted by Gasteiger charge is 2.35. The van der Waals surface area contributed by atoms with E-state index < -0.39 is 6.17 Å². The Kier molecular flexibility index (Phi) is 5.68. The number of likely N-dealkylation sites (tertiary alicyclic amines) is 1. The van der Waals surface area contributed by atoms with Crippen molar-refractivity contribution < 1.29 is 9.13 Å². The molecule has 172 valence electrons. The van der Waals surface area contributed by atoms with Crippen molar-refractivity contribution in [2.24, 2.45) is 5.92 Å². The van der Waals surface area contributed by atoms with E-state index in [1.165, 1.54) is 16.0 Å². The summed E-state index contributed by atoms with van der Waals surface area (Å²) in [6.07, 6.45) is 3.87. The number of hydrogen-bond donors (Lipinski definition) is 0. The van der Waals surface area contributed by atoms with Gasteiger partial charge in [-0.2, -0.15) is 0 Å². The number of benzene rings is 2. The maximum absolute atomic E-state index is 13.7. The van der Waals surface area contributed by atoms with Crippen LogP contribution in [0, 0.1) is 5.92 Å². The lowest BCUT2D eigenvalue weighted by Crippen LogP contribution is -2.35. The number of para-hydroxylation sites is 1. The summed E-state index contributed by atoms with van der Waals surface area (Å²) in [7, 11) is 2.18. The minimum absolute atomic E-state index is 0.174. The maximum atomic E-state index is 13.7. The topological polar surface area (TPSA) is 28.6 Å². The van der Waals surface area contributed by atoms with E-state index in [4.69, 9.17) is 9.72 Å². The van der Waals surface area contributed by atoms with Crippen molar-refractivity contribution in [2.45, 2.75) is 37.6 Å². The zero-order valence-electron chi connectivity index (χ0n) is 19.0. The average molecular weight is 464 g/mol. The Labute approximate surface area is 198 Å². The summed E-state index contributed by atoms with van der Waals surface area (Å²) in [4.78, 5) is 9.73. The molecule has 1 aromatic heterocycles.